The number of ether oxygens (including phenoxy) is 1. The lowest BCUT2D eigenvalue weighted by Gasteiger charge is -2.27. The molecule has 4 nitrogen and oxygen atoms in total. The standard InChI is InChI=1S/C7H12O4/c1-5-2-6(10)7(3-8,4-9)11-5/h1,5-6,8-10H,2-4H2/t5-,6+/m0/s1. The predicted octanol–water partition coefficient (Wildman–Crippen LogP) is -1.43. The van der Waals surface area contributed by atoms with Crippen LogP contribution in [0, 0.1) is 6.92 Å². The Balaban J connectivity index is 2.67. The van der Waals surface area contributed by atoms with E-state index >= 15 is 0 Å². The van der Waals surface area contributed by atoms with E-state index in [0.717, 1.165) is 0 Å². The molecule has 0 aromatic rings. The highest BCUT2D eigenvalue weighted by Crippen LogP contribution is 2.29. The Labute approximate surface area is 65.4 Å². The summed E-state index contributed by atoms with van der Waals surface area (Å²) in [6, 6.07) is 0. The SMILES string of the molecule is [CH][C@H]1C[C@@H](O)C(CO)(CO)O1. The van der Waals surface area contributed by atoms with Crippen LogP contribution in [0.15, 0.2) is 0 Å². The second-order valence-corrected chi connectivity index (χ2v) is 2.79. The lowest BCUT2D eigenvalue weighted by molar-refractivity contribution is -0.128. The largest absolute Gasteiger partial charge is 0.393 e. The van der Waals surface area contributed by atoms with Gasteiger partial charge in [-0.25, -0.2) is 0 Å². The molecule has 64 valence electrons. The summed E-state index contributed by atoms with van der Waals surface area (Å²) in [6.45, 7) is 4.51. The van der Waals surface area contributed by atoms with E-state index < -0.39 is 31.0 Å². The number of hydrogen-bond donors (Lipinski definition) is 3. The molecule has 1 aliphatic rings. The fraction of sp³-hybridized carbons (Fsp3) is 0.857. The average Bonchev–Trinajstić information content (AvgIpc) is 2.27. The van der Waals surface area contributed by atoms with Gasteiger partial charge in [0.05, 0.1) is 25.4 Å². The molecule has 1 saturated heterocycles. The molecule has 0 saturated carbocycles. The van der Waals surface area contributed by atoms with Gasteiger partial charge in [0.25, 0.3) is 0 Å². The maximum absolute atomic E-state index is 9.28. The van der Waals surface area contributed by atoms with E-state index in [9.17, 15) is 5.11 Å². The molecule has 1 aliphatic heterocycles. The molecule has 0 amide bonds. The molecule has 2 radical (unpaired) electrons. The molecule has 0 spiro atoms. The fourth-order valence-electron chi connectivity index (χ4n) is 1.20. The van der Waals surface area contributed by atoms with Crippen molar-refractivity contribution in [2.75, 3.05) is 13.2 Å². The van der Waals surface area contributed by atoms with Crippen LogP contribution in [0.5, 0.6) is 0 Å². The van der Waals surface area contributed by atoms with Gasteiger partial charge >= 0.3 is 0 Å². The lowest BCUT2D eigenvalue weighted by atomic mass is 9.99. The van der Waals surface area contributed by atoms with Crippen molar-refractivity contribution in [3.63, 3.8) is 0 Å². The van der Waals surface area contributed by atoms with Gasteiger partial charge < -0.3 is 20.1 Å². The minimum atomic E-state index is -1.25. The highest BCUT2D eigenvalue weighted by atomic mass is 16.6. The second-order valence-electron chi connectivity index (χ2n) is 2.79. The van der Waals surface area contributed by atoms with Gasteiger partial charge in [-0.15, -0.1) is 0 Å². The number of aliphatic hydroxyl groups is 3. The molecule has 0 unspecified atom stereocenters. The summed E-state index contributed by atoms with van der Waals surface area (Å²) in [4.78, 5) is 0. The van der Waals surface area contributed by atoms with Crippen LogP contribution in [-0.2, 0) is 4.74 Å². The van der Waals surface area contributed by atoms with Crippen molar-refractivity contribution in [2.45, 2.75) is 24.2 Å². The second kappa shape index (κ2) is 3.06. The Morgan fingerprint density at radius 2 is 2.00 bits per heavy atom. The van der Waals surface area contributed by atoms with E-state index in [0.29, 0.717) is 0 Å². The van der Waals surface area contributed by atoms with Crippen LogP contribution in [0.2, 0.25) is 0 Å². The first-order valence-electron chi connectivity index (χ1n) is 3.48. The zero-order valence-electron chi connectivity index (χ0n) is 6.10. The van der Waals surface area contributed by atoms with Crippen molar-refractivity contribution in [3.8, 4) is 0 Å². The molecule has 4 heteroatoms. The molecule has 0 aliphatic carbocycles. The Morgan fingerprint density at radius 1 is 1.45 bits per heavy atom. The monoisotopic (exact) mass is 160 g/mol. The molecule has 0 aromatic carbocycles. The van der Waals surface area contributed by atoms with Crippen LogP contribution < -0.4 is 0 Å². The third-order valence-electron chi connectivity index (χ3n) is 1.98. The maximum atomic E-state index is 9.28. The van der Waals surface area contributed by atoms with Crippen LogP contribution in [0.4, 0.5) is 0 Å². The summed E-state index contributed by atoms with van der Waals surface area (Å²) in [6.07, 6.45) is -1.22. The maximum Gasteiger partial charge on any atom is 0.140 e. The van der Waals surface area contributed by atoms with Crippen LogP contribution in [0.1, 0.15) is 6.42 Å². The highest BCUT2D eigenvalue weighted by Gasteiger charge is 2.45. The van der Waals surface area contributed by atoms with Crippen molar-refractivity contribution >= 4 is 0 Å². The van der Waals surface area contributed by atoms with E-state index in [1.807, 2.05) is 0 Å². The molecule has 0 bridgehead atoms. The lowest BCUT2D eigenvalue weighted by Crippen LogP contribution is -2.46. The topological polar surface area (TPSA) is 69.9 Å². The first-order chi connectivity index (χ1) is 5.14. The van der Waals surface area contributed by atoms with Crippen LogP contribution in [0.3, 0.4) is 0 Å². The first kappa shape index (κ1) is 8.93. The van der Waals surface area contributed by atoms with Gasteiger partial charge in [-0.1, -0.05) is 0 Å². The van der Waals surface area contributed by atoms with E-state index in [1.165, 1.54) is 0 Å². The van der Waals surface area contributed by atoms with Gasteiger partial charge in [0.1, 0.15) is 5.60 Å². The Hall–Kier alpha value is -0.160. The summed E-state index contributed by atoms with van der Waals surface area (Å²) in [5, 5.41) is 26.9. The summed E-state index contributed by atoms with van der Waals surface area (Å²) in [5.41, 5.74) is -1.25. The molecular weight excluding hydrogens is 148 g/mol. The van der Waals surface area contributed by atoms with Crippen molar-refractivity contribution in [2.24, 2.45) is 0 Å². The molecule has 3 N–H and O–H groups in total. The highest BCUT2D eigenvalue weighted by molar-refractivity contribution is 4.96. The molecule has 11 heavy (non-hydrogen) atoms. The van der Waals surface area contributed by atoms with Gasteiger partial charge in [-0.05, 0) is 6.92 Å². The number of aliphatic hydroxyl groups excluding tert-OH is 3. The van der Waals surface area contributed by atoms with Gasteiger partial charge in [0, 0.05) is 6.42 Å². The van der Waals surface area contributed by atoms with Crippen LogP contribution in [0.25, 0.3) is 0 Å². The summed E-state index contributed by atoms with van der Waals surface area (Å²) in [7, 11) is 0. The predicted molar refractivity (Wildman–Crippen MR) is 36.7 cm³/mol. The smallest absolute Gasteiger partial charge is 0.140 e. The molecule has 0 aromatic heterocycles. The van der Waals surface area contributed by atoms with Crippen molar-refractivity contribution < 1.29 is 20.1 Å². The zero-order chi connectivity index (χ0) is 8.48. The van der Waals surface area contributed by atoms with E-state index in [4.69, 9.17) is 21.9 Å². The summed E-state index contributed by atoms with van der Waals surface area (Å²) >= 11 is 0. The normalized spacial score (nSPS) is 36.0. The molecule has 1 rings (SSSR count). The zero-order valence-corrected chi connectivity index (χ0v) is 6.10. The van der Waals surface area contributed by atoms with Crippen molar-refractivity contribution in [3.05, 3.63) is 6.92 Å². The molecule has 1 fully saturated rings. The van der Waals surface area contributed by atoms with Crippen LogP contribution in [-0.4, -0.2) is 46.3 Å². The Kier molecular flexibility index (Phi) is 2.49. The van der Waals surface area contributed by atoms with E-state index in [2.05, 4.69) is 0 Å². The van der Waals surface area contributed by atoms with Gasteiger partial charge in [0.2, 0.25) is 0 Å². The summed E-state index contributed by atoms with van der Waals surface area (Å²) in [5.74, 6) is 0. The van der Waals surface area contributed by atoms with Gasteiger partial charge in [-0.3, -0.25) is 0 Å². The van der Waals surface area contributed by atoms with Crippen molar-refractivity contribution in [1.29, 1.82) is 0 Å². The minimum absolute atomic E-state index is 0.251. The third-order valence-corrected chi connectivity index (χ3v) is 1.98. The fourth-order valence-corrected chi connectivity index (χ4v) is 1.20. The minimum Gasteiger partial charge on any atom is -0.393 e. The van der Waals surface area contributed by atoms with Gasteiger partial charge in [0.15, 0.2) is 0 Å². The molecular formula is C7H12O4. The number of hydrogen-bond acceptors (Lipinski definition) is 4. The van der Waals surface area contributed by atoms with Crippen molar-refractivity contribution in [1.82, 2.24) is 0 Å². The van der Waals surface area contributed by atoms with Gasteiger partial charge in [-0.2, -0.15) is 0 Å². The Bertz CT molecular complexity index is 132. The van der Waals surface area contributed by atoms with E-state index in [-0.39, 0.29) is 6.42 Å². The summed E-state index contributed by atoms with van der Waals surface area (Å²) < 4.78 is 4.99. The first-order valence-corrected chi connectivity index (χ1v) is 3.48. The molecule has 2 atom stereocenters. The Morgan fingerprint density at radius 3 is 2.18 bits per heavy atom. The third kappa shape index (κ3) is 1.39. The van der Waals surface area contributed by atoms with E-state index in [1.54, 1.807) is 0 Å². The number of rotatable bonds is 2. The van der Waals surface area contributed by atoms with Crippen LogP contribution >= 0.6 is 0 Å². The molecule has 1 heterocycles. The average molecular weight is 160 g/mol. The quantitative estimate of drug-likeness (QED) is 0.463.